The van der Waals surface area contributed by atoms with Crippen molar-refractivity contribution in [3.63, 3.8) is 0 Å². The molecule has 4 nitrogen and oxygen atoms in total. The Balaban J connectivity index is 1.94. The molecule has 0 saturated carbocycles. The third kappa shape index (κ3) is 3.39. The fourth-order valence-electron chi connectivity index (χ4n) is 3.75. The lowest BCUT2D eigenvalue weighted by molar-refractivity contribution is 0.461. The van der Waals surface area contributed by atoms with Gasteiger partial charge in [-0.1, -0.05) is 12.1 Å². The van der Waals surface area contributed by atoms with E-state index < -0.39 is 0 Å². The Bertz CT molecular complexity index is 696. The number of nitrogens with zero attached hydrogens (tertiary/aromatic N) is 2. The summed E-state index contributed by atoms with van der Waals surface area (Å²) in [6, 6.07) is 11.9. The maximum absolute atomic E-state index is 10.4. The van der Waals surface area contributed by atoms with Crippen molar-refractivity contribution >= 4 is 11.4 Å². The van der Waals surface area contributed by atoms with Gasteiger partial charge in [-0.2, -0.15) is 0 Å². The van der Waals surface area contributed by atoms with E-state index in [0.717, 1.165) is 42.0 Å². The molecule has 1 fully saturated rings. The molecule has 1 heterocycles. The van der Waals surface area contributed by atoms with Gasteiger partial charge in [-0.15, -0.1) is 0 Å². The van der Waals surface area contributed by atoms with Gasteiger partial charge in [0.2, 0.25) is 0 Å². The van der Waals surface area contributed by atoms with Crippen LogP contribution in [-0.2, 0) is 0 Å². The van der Waals surface area contributed by atoms with Crippen LogP contribution in [0.1, 0.15) is 31.4 Å². The third-order valence-corrected chi connectivity index (χ3v) is 5.36. The van der Waals surface area contributed by atoms with E-state index in [2.05, 4.69) is 35.8 Å². The molecule has 4 heteroatoms. The highest BCUT2D eigenvalue weighted by atomic mass is 16.3. The van der Waals surface area contributed by atoms with Gasteiger partial charge < -0.3 is 20.0 Å². The summed E-state index contributed by atoms with van der Waals surface area (Å²) in [6.07, 6.45) is 0.968. The molecule has 0 unspecified atom stereocenters. The van der Waals surface area contributed by atoms with E-state index in [4.69, 9.17) is 0 Å². The zero-order valence-electron chi connectivity index (χ0n) is 15.5. The standard InChI is InChI=1S/C21H28N2O2/c1-14-6-8-20(24)18(12-14)22-10-5-11-23(17(4)16(22)3)19-13-15(2)7-9-21(19)25/h6-9,12-13,16-17,24-25H,5,10-11H2,1-4H3/t16-,17-/m0/s1. The largest absolute Gasteiger partial charge is 0.506 e. The maximum atomic E-state index is 10.4. The lowest BCUT2D eigenvalue weighted by Gasteiger charge is -2.38. The lowest BCUT2D eigenvalue weighted by atomic mass is 10.1. The average Bonchev–Trinajstić information content (AvgIpc) is 2.72. The summed E-state index contributed by atoms with van der Waals surface area (Å²) in [5.74, 6) is 0.660. The molecule has 134 valence electrons. The molecule has 1 saturated heterocycles. The topological polar surface area (TPSA) is 46.9 Å². The van der Waals surface area contributed by atoms with Crippen molar-refractivity contribution in [1.29, 1.82) is 0 Å². The summed E-state index contributed by atoms with van der Waals surface area (Å²) < 4.78 is 0. The summed E-state index contributed by atoms with van der Waals surface area (Å²) in [5.41, 5.74) is 4.08. The number of aryl methyl sites for hydroxylation is 2. The van der Waals surface area contributed by atoms with Gasteiger partial charge in [-0.3, -0.25) is 0 Å². The van der Waals surface area contributed by atoms with Crippen LogP contribution in [0.25, 0.3) is 0 Å². The SMILES string of the molecule is Cc1ccc(O)c(N2CCCN(c3cc(C)ccc3O)[C@@H](C)[C@@H]2C)c1. The minimum Gasteiger partial charge on any atom is -0.506 e. The van der Waals surface area contributed by atoms with Crippen LogP contribution in [0.2, 0.25) is 0 Å². The fraction of sp³-hybridized carbons (Fsp3) is 0.429. The van der Waals surface area contributed by atoms with Crippen LogP contribution in [0.3, 0.4) is 0 Å². The molecule has 0 spiro atoms. The molecule has 0 aliphatic carbocycles. The van der Waals surface area contributed by atoms with Gasteiger partial charge in [0.1, 0.15) is 11.5 Å². The molecular weight excluding hydrogens is 312 g/mol. The highest BCUT2D eigenvalue weighted by Gasteiger charge is 2.31. The summed E-state index contributed by atoms with van der Waals surface area (Å²) in [7, 11) is 0. The van der Waals surface area contributed by atoms with Crippen molar-refractivity contribution in [3.05, 3.63) is 47.5 Å². The highest BCUT2D eigenvalue weighted by Crippen LogP contribution is 2.36. The lowest BCUT2D eigenvalue weighted by Crippen LogP contribution is -2.46. The molecule has 2 N–H and O–H groups in total. The molecule has 1 aliphatic rings. The smallest absolute Gasteiger partial charge is 0.138 e. The van der Waals surface area contributed by atoms with Crippen LogP contribution >= 0.6 is 0 Å². The Morgan fingerprint density at radius 1 is 0.760 bits per heavy atom. The summed E-state index contributed by atoms with van der Waals surface area (Å²) >= 11 is 0. The van der Waals surface area contributed by atoms with Crippen LogP contribution in [0.5, 0.6) is 11.5 Å². The van der Waals surface area contributed by atoms with Gasteiger partial charge in [0.25, 0.3) is 0 Å². The molecule has 1 aliphatic heterocycles. The molecular formula is C21H28N2O2. The van der Waals surface area contributed by atoms with E-state index in [0.29, 0.717) is 11.5 Å². The van der Waals surface area contributed by atoms with Gasteiger partial charge in [0.15, 0.2) is 0 Å². The molecule has 2 aromatic carbocycles. The molecule has 0 aromatic heterocycles. The number of hydrogen-bond donors (Lipinski definition) is 2. The maximum Gasteiger partial charge on any atom is 0.138 e. The molecule has 25 heavy (non-hydrogen) atoms. The Labute approximate surface area is 150 Å². The van der Waals surface area contributed by atoms with Crippen LogP contribution in [0.15, 0.2) is 36.4 Å². The Morgan fingerprint density at radius 2 is 1.16 bits per heavy atom. The third-order valence-electron chi connectivity index (χ3n) is 5.36. The molecule has 2 atom stereocenters. The number of phenols is 2. The van der Waals surface area contributed by atoms with E-state index in [9.17, 15) is 10.2 Å². The number of phenolic OH excluding ortho intramolecular Hbond substituents is 2. The fourth-order valence-corrected chi connectivity index (χ4v) is 3.75. The highest BCUT2D eigenvalue weighted by molar-refractivity contribution is 5.63. The molecule has 0 radical (unpaired) electrons. The zero-order valence-corrected chi connectivity index (χ0v) is 15.5. The van der Waals surface area contributed by atoms with Gasteiger partial charge >= 0.3 is 0 Å². The Hall–Kier alpha value is -2.36. The van der Waals surface area contributed by atoms with Crippen LogP contribution in [0, 0.1) is 13.8 Å². The molecule has 0 bridgehead atoms. The summed E-state index contributed by atoms with van der Waals surface area (Å²) in [6.45, 7) is 10.2. The second-order valence-electron chi connectivity index (χ2n) is 7.21. The van der Waals surface area contributed by atoms with Crippen LogP contribution in [-0.4, -0.2) is 35.4 Å². The summed E-state index contributed by atoms with van der Waals surface area (Å²) in [4.78, 5) is 4.58. The molecule has 2 aromatic rings. The van der Waals surface area contributed by atoms with E-state index in [1.54, 1.807) is 12.1 Å². The van der Waals surface area contributed by atoms with Crippen molar-refractivity contribution < 1.29 is 10.2 Å². The molecule has 0 amide bonds. The first-order chi connectivity index (χ1) is 11.9. The first-order valence-corrected chi connectivity index (χ1v) is 9.01. The van der Waals surface area contributed by atoms with Crippen molar-refractivity contribution in [1.82, 2.24) is 0 Å². The second-order valence-corrected chi connectivity index (χ2v) is 7.21. The predicted molar refractivity (Wildman–Crippen MR) is 104 cm³/mol. The average molecular weight is 340 g/mol. The first-order valence-electron chi connectivity index (χ1n) is 9.01. The number of anilines is 2. The molecule has 3 rings (SSSR count). The van der Waals surface area contributed by atoms with Crippen molar-refractivity contribution in [3.8, 4) is 11.5 Å². The van der Waals surface area contributed by atoms with E-state index in [1.165, 1.54) is 0 Å². The van der Waals surface area contributed by atoms with E-state index in [1.807, 2.05) is 26.0 Å². The minimum absolute atomic E-state index is 0.204. The second kappa shape index (κ2) is 6.87. The van der Waals surface area contributed by atoms with Crippen molar-refractivity contribution in [2.75, 3.05) is 22.9 Å². The normalized spacial score (nSPS) is 21.3. The van der Waals surface area contributed by atoms with Gasteiger partial charge in [0.05, 0.1) is 11.4 Å². The van der Waals surface area contributed by atoms with Crippen LogP contribution < -0.4 is 9.80 Å². The Kier molecular flexibility index (Phi) is 4.80. The van der Waals surface area contributed by atoms with Gasteiger partial charge in [0, 0.05) is 25.2 Å². The first kappa shape index (κ1) is 17.5. The van der Waals surface area contributed by atoms with Crippen molar-refractivity contribution in [2.45, 2.75) is 46.2 Å². The number of benzene rings is 2. The van der Waals surface area contributed by atoms with E-state index >= 15 is 0 Å². The monoisotopic (exact) mass is 340 g/mol. The van der Waals surface area contributed by atoms with Gasteiger partial charge in [-0.05, 0) is 69.5 Å². The number of aromatic hydroxyl groups is 2. The number of rotatable bonds is 2. The Morgan fingerprint density at radius 3 is 1.56 bits per heavy atom. The number of hydrogen-bond acceptors (Lipinski definition) is 4. The quantitative estimate of drug-likeness (QED) is 0.860. The predicted octanol–water partition coefficient (Wildman–Crippen LogP) is 4.21. The zero-order chi connectivity index (χ0) is 18.1. The summed E-state index contributed by atoms with van der Waals surface area (Å²) in [5, 5.41) is 20.7. The van der Waals surface area contributed by atoms with Crippen molar-refractivity contribution in [2.24, 2.45) is 0 Å². The van der Waals surface area contributed by atoms with E-state index in [-0.39, 0.29) is 12.1 Å². The minimum atomic E-state index is 0.204. The van der Waals surface area contributed by atoms with Crippen LogP contribution in [0.4, 0.5) is 11.4 Å². The van der Waals surface area contributed by atoms with Gasteiger partial charge in [-0.25, -0.2) is 0 Å².